The van der Waals surface area contributed by atoms with E-state index in [1.165, 1.54) is 6.33 Å². The Balaban J connectivity index is 2.51. The van der Waals surface area contributed by atoms with Crippen molar-refractivity contribution in [1.82, 2.24) is 9.97 Å². The molecule has 0 amide bonds. The highest BCUT2D eigenvalue weighted by atomic mass is 16.3. The lowest BCUT2D eigenvalue weighted by atomic mass is 10.2. The molecule has 0 fully saturated rings. The van der Waals surface area contributed by atoms with Crippen LogP contribution in [0.4, 0.5) is 5.82 Å². The van der Waals surface area contributed by atoms with E-state index in [1.807, 2.05) is 19.2 Å². The molecule has 0 bridgehead atoms. The number of hydrogen-bond donors (Lipinski definition) is 1. The van der Waals surface area contributed by atoms with Crippen LogP contribution in [0.5, 0.6) is 0 Å². The molecule has 4 nitrogen and oxygen atoms in total. The molecule has 66 valence electrons. The lowest BCUT2D eigenvalue weighted by Gasteiger charge is -2.02. The molecule has 0 aliphatic carbocycles. The summed E-state index contributed by atoms with van der Waals surface area (Å²) in [5.41, 5.74) is 0.870. The van der Waals surface area contributed by atoms with Crippen LogP contribution in [-0.2, 0) is 0 Å². The van der Waals surface area contributed by atoms with Gasteiger partial charge < -0.3 is 9.73 Å². The minimum absolute atomic E-state index is 0.768. The third kappa shape index (κ3) is 1.38. The molecule has 0 aliphatic rings. The van der Waals surface area contributed by atoms with Crippen molar-refractivity contribution in [1.29, 1.82) is 0 Å². The summed E-state index contributed by atoms with van der Waals surface area (Å²) in [7, 11) is 1.81. The van der Waals surface area contributed by atoms with Crippen molar-refractivity contribution in [3.05, 3.63) is 30.9 Å². The zero-order chi connectivity index (χ0) is 9.10. The number of aromatic nitrogens is 2. The van der Waals surface area contributed by atoms with E-state index in [0.29, 0.717) is 0 Å². The summed E-state index contributed by atoms with van der Waals surface area (Å²) in [6.45, 7) is 0. The highest BCUT2D eigenvalue weighted by molar-refractivity contribution is 5.69. The van der Waals surface area contributed by atoms with Crippen LogP contribution in [0, 0.1) is 0 Å². The van der Waals surface area contributed by atoms with Crippen molar-refractivity contribution in [3.8, 4) is 11.3 Å². The predicted octanol–water partition coefficient (Wildman–Crippen LogP) is 1.78. The van der Waals surface area contributed by atoms with Gasteiger partial charge in [-0.2, -0.15) is 0 Å². The molecule has 0 saturated carbocycles. The van der Waals surface area contributed by atoms with E-state index in [-0.39, 0.29) is 0 Å². The first-order chi connectivity index (χ1) is 6.42. The van der Waals surface area contributed by atoms with Crippen LogP contribution >= 0.6 is 0 Å². The molecule has 0 aliphatic heterocycles. The first-order valence-electron chi connectivity index (χ1n) is 3.93. The van der Waals surface area contributed by atoms with Gasteiger partial charge in [-0.1, -0.05) is 0 Å². The normalized spacial score (nSPS) is 9.92. The quantitative estimate of drug-likeness (QED) is 0.755. The van der Waals surface area contributed by atoms with Gasteiger partial charge >= 0.3 is 0 Å². The Labute approximate surface area is 75.6 Å². The van der Waals surface area contributed by atoms with Gasteiger partial charge in [-0.25, -0.2) is 9.97 Å². The lowest BCUT2D eigenvalue weighted by Crippen LogP contribution is -1.95. The monoisotopic (exact) mass is 175 g/mol. The largest absolute Gasteiger partial charge is 0.464 e. The predicted molar refractivity (Wildman–Crippen MR) is 49.3 cm³/mol. The first-order valence-corrected chi connectivity index (χ1v) is 3.93. The molecule has 0 saturated heterocycles. The summed E-state index contributed by atoms with van der Waals surface area (Å²) < 4.78 is 5.24. The average molecular weight is 175 g/mol. The van der Waals surface area contributed by atoms with Gasteiger partial charge in [0.1, 0.15) is 17.9 Å². The van der Waals surface area contributed by atoms with Crippen molar-refractivity contribution in [2.24, 2.45) is 0 Å². The van der Waals surface area contributed by atoms with Crippen molar-refractivity contribution < 1.29 is 4.42 Å². The second-order valence-electron chi connectivity index (χ2n) is 2.51. The molecule has 2 aromatic rings. The lowest BCUT2D eigenvalue weighted by molar-refractivity contribution is 0.582. The minimum atomic E-state index is 0.768. The van der Waals surface area contributed by atoms with Crippen LogP contribution in [0.15, 0.2) is 35.3 Å². The van der Waals surface area contributed by atoms with Gasteiger partial charge in [-0.15, -0.1) is 0 Å². The summed E-state index contributed by atoms with van der Waals surface area (Å²) in [6.07, 6.45) is 4.84. The number of nitrogens with one attached hydrogen (secondary N) is 1. The van der Waals surface area contributed by atoms with Gasteiger partial charge in [0.25, 0.3) is 0 Å². The van der Waals surface area contributed by atoms with Gasteiger partial charge in [0.15, 0.2) is 0 Å². The number of hydrogen-bond acceptors (Lipinski definition) is 4. The molecule has 2 rings (SSSR count). The van der Waals surface area contributed by atoms with Gasteiger partial charge in [0.05, 0.1) is 11.8 Å². The van der Waals surface area contributed by atoms with E-state index >= 15 is 0 Å². The molecule has 13 heavy (non-hydrogen) atoms. The smallest absolute Gasteiger partial charge is 0.140 e. The third-order valence-electron chi connectivity index (χ3n) is 1.74. The van der Waals surface area contributed by atoms with Gasteiger partial charge in [0.2, 0.25) is 0 Å². The Kier molecular flexibility index (Phi) is 1.96. The Morgan fingerprint density at radius 2 is 2.38 bits per heavy atom. The maximum Gasteiger partial charge on any atom is 0.140 e. The van der Waals surface area contributed by atoms with E-state index in [2.05, 4.69) is 15.3 Å². The van der Waals surface area contributed by atoms with Crippen LogP contribution in [-0.4, -0.2) is 17.0 Å². The van der Waals surface area contributed by atoms with Gasteiger partial charge in [-0.05, 0) is 12.1 Å². The summed E-state index contributed by atoms with van der Waals surface area (Å²) >= 11 is 0. The third-order valence-corrected chi connectivity index (χ3v) is 1.74. The summed E-state index contributed by atoms with van der Waals surface area (Å²) in [6, 6.07) is 3.71. The second kappa shape index (κ2) is 3.26. The molecule has 0 atom stereocenters. The second-order valence-corrected chi connectivity index (χ2v) is 2.51. The Bertz CT molecular complexity index is 384. The SMILES string of the molecule is CNc1ncncc1-c1ccco1. The first kappa shape index (κ1) is 7.79. The van der Waals surface area contributed by atoms with Crippen LogP contribution in [0.1, 0.15) is 0 Å². The minimum Gasteiger partial charge on any atom is -0.464 e. The molecule has 0 spiro atoms. The number of anilines is 1. The fourth-order valence-electron chi connectivity index (χ4n) is 1.14. The number of nitrogens with zero attached hydrogens (tertiary/aromatic N) is 2. The zero-order valence-corrected chi connectivity index (χ0v) is 7.19. The fraction of sp³-hybridized carbons (Fsp3) is 0.111. The van der Waals surface area contributed by atoms with Gasteiger partial charge in [0, 0.05) is 13.2 Å². The molecular formula is C9H9N3O. The summed E-state index contributed by atoms with van der Waals surface area (Å²) in [5.74, 6) is 1.54. The van der Waals surface area contributed by atoms with E-state index in [4.69, 9.17) is 4.42 Å². The zero-order valence-electron chi connectivity index (χ0n) is 7.19. The van der Waals surface area contributed by atoms with E-state index in [9.17, 15) is 0 Å². The topological polar surface area (TPSA) is 51.0 Å². The van der Waals surface area contributed by atoms with E-state index in [0.717, 1.165) is 17.1 Å². The molecular weight excluding hydrogens is 166 g/mol. The van der Waals surface area contributed by atoms with E-state index < -0.39 is 0 Å². The van der Waals surface area contributed by atoms with E-state index in [1.54, 1.807) is 12.5 Å². The Hall–Kier alpha value is -1.84. The highest BCUT2D eigenvalue weighted by Gasteiger charge is 2.06. The summed E-state index contributed by atoms with van der Waals surface area (Å²) in [4.78, 5) is 8.01. The van der Waals surface area contributed by atoms with Crippen LogP contribution in [0.25, 0.3) is 11.3 Å². The Morgan fingerprint density at radius 3 is 3.08 bits per heavy atom. The molecule has 2 aromatic heterocycles. The number of rotatable bonds is 2. The van der Waals surface area contributed by atoms with Crippen LogP contribution < -0.4 is 5.32 Å². The molecule has 1 N–H and O–H groups in total. The van der Waals surface area contributed by atoms with Crippen LogP contribution in [0.3, 0.4) is 0 Å². The number of furan rings is 1. The highest BCUT2D eigenvalue weighted by Crippen LogP contribution is 2.24. The summed E-state index contributed by atoms with van der Waals surface area (Å²) in [5, 5.41) is 2.97. The van der Waals surface area contributed by atoms with Crippen molar-refractivity contribution in [2.45, 2.75) is 0 Å². The average Bonchev–Trinajstić information content (AvgIpc) is 2.70. The van der Waals surface area contributed by atoms with Gasteiger partial charge in [-0.3, -0.25) is 0 Å². The van der Waals surface area contributed by atoms with Crippen molar-refractivity contribution in [3.63, 3.8) is 0 Å². The maximum atomic E-state index is 5.24. The molecule has 0 aromatic carbocycles. The fourth-order valence-corrected chi connectivity index (χ4v) is 1.14. The van der Waals surface area contributed by atoms with Crippen molar-refractivity contribution >= 4 is 5.82 Å². The molecule has 0 radical (unpaired) electrons. The standard InChI is InChI=1S/C9H9N3O/c1-10-9-7(5-11-6-12-9)8-3-2-4-13-8/h2-6H,1H3,(H,10,11,12). The molecule has 0 unspecified atom stereocenters. The van der Waals surface area contributed by atoms with Crippen LogP contribution in [0.2, 0.25) is 0 Å². The molecule has 2 heterocycles. The molecule has 4 heteroatoms. The maximum absolute atomic E-state index is 5.24. The Morgan fingerprint density at radius 1 is 1.46 bits per heavy atom. The van der Waals surface area contributed by atoms with Crippen molar-refractivity contribution in [2.75, 3.05) is 12.4 Å².